The minimum Gasteiger partial charge on any atom is -0.444 e. The zero-order valence-electron chi connectivity index (χ0n) is 20.8. The molecule has 186 valence electrons. The summed E-state index contributed by atoms with van der Waals surface area (Å²) in [5.74, 6) is -0.855. The van der Waals surface area contributed by atoms with Gasteiger partial charge in [-0.15, -0.1) is 0 Å². The molecule has 0 saturated heterocycles. The Morgan fingerprint density at radius 1 is 1.29 bits per heavy atom. The van der Waals surface area contributed by atoms with Crippen molar-refractivity contribution in [3.63, 3.8) is 0 Å². The Labute approximate surface area is 204 Å². The topological polar surface area (TPSA) is 94.7 Å². The Morgan fingerprint density at radius 3 is 2.71 bits per heavy atom. The number of ether oxygens (including phenoxy) is 1. The number of carbonyl (C=O) groups excluding carboxylic acids is 3. The third kappa shape index (κ3) is 4.94. The van der Waals surface area contributed by atoms with Crippen LogP contribution in [0.5, 0.6) is 0 Å². The quantitative estimate of drug-likeness (QED) is 0.624. The lowest BCUT2D eigenvalue weighted by Gasteiger charge is -2.31. The maximum atomic E-state index is 13.8. The summed E-state index contributed by atoms with van der Waals surface area (Å²) in [6.07, 6.45) is 1.90. The van der Waals surface area contributed by atoms with E-state index in [1.807, 2.05) is 34.6 Å². The van der Waals surface area contributed by atoms with Crippen LogP contribution in [-0.2, 0) is 16.0 Å². The van der Waals surface area contributed by atoms with Crippen molar-refractivity contribution in [3.05, 3.63) is 52.1 Å². The molecule has 0 saturated carbocycles. The van der Waals surface area contributed by atoms with Gasteiger partial charge in [-0.25, -0.2) is 9.18 Å². The first-order valence-corrected chi connectivity index (χ1v) is 11.8. The van der Waals surface area contributed by atoms with Gasteiger partial charge < -0.3 is 24.8 Å². The van der Waals surface area contributed by atoms with Gasteiger partial charge in [-0.05, 0) is 64.5 Å². The van der Waals surface area contributed by atoms with Crippen LogP contribution in [0.25, 0.3) is 11.6 Å². The molecule has 2 N–H and O–H groups in total. The molecule has 0 aliphatic carbocycles. The van der Waals surface area contributed by atoms with Crippen LogP contribution in [-0.4, -0.2) is 64.5 Å². The van der Waals surface area contributed by atoms with Crippen LogP contribution in [0.2, 0.25) is 0 Å². The Hall–Kier alpha value is -3.62. The summed E-state index contributed by atoms with van der Waals surface area (Å²) >= 11 is 0. The fraction of sp³-hybridized carbons (Fsp3) is 0.423. The highest BCUT2D eigenvalue weighted by Gasteiger charge is 2.31. The minimum atomic E-state index is -0.587. The molecular formula is C26H31FN4O4. The third-order valence-corrected chi connectivity index (χ3v) is 6.23. The van der Waals surface area contributed by atoms with Crippen molar-refractivity contribution >= 4 is 35.2 Å². The number of aromatic amines is 1. The van der Waals surface area contributed by atoms with Crippen molar-refractivity contribution in [2.45, 2.75) is 46.6 Å². The average molecular weight is 483 g/mol. The number of nitrogens with one attached hydrogen (secondary N) is 2. The summed E-state index contributed by atoms with van der Waals surface area (Å²) in [7, 11) is 0. The second-order valence-electron chi connectivity index (χ2n) is 9.82. The highest BCUT2D eigenvalue weighted by molar-refractivity contribution is 6.34. The Balaban J connectivity index is 1.53. The van der Waals surface area contributed by atoms with Gasteiger partial charge in [0.15, 0.2) is 0 Å². The monoisotopic (exact) mass is 482 g/mol. The van der Waals surface area contributed by atoms with Gasteiger partial charge in [0.1, 0.15) is 11.4 Å². The molecule has 0 unspecified atom stereocenters. The van der Waals surface area contributed by atoms with Crippen molar-refractivity contribution in [3.8, 4) is 0 Å². The standard InChI is InChI=1S/C26H31FN4O4/c1-6-30(25(34)35-26(3,4)5)11-12-31-10-9-20-22(24(31)33)15(2)21(28-20)14-18-17-13-16(27)7-8-19(17)29-23(18)32/h7-8,13-14,28H,6,9-12H2,1-5H3,(H,29,32). The van der Waals surface area contributed by atoms with E-state index in [2.05, 4.69) is 10.3 Å². The predicted molar refractivity (Wildman–Crippen MR) is 132 cm³/mol. The maximum absolute atomic E-state index is 13.8. The van der Waals surface area contributed by atoms with Gasteiger partial charge in [0.25, 0.3) is 11.8 Å². The summed E-state index contributed by atoms with van der Waals surface area (Å²) in [6.45, 7) is 10.9. The molecular weight excluding hydrogens is 451 g/mol. The molecule has 3 heterocycles. The van der Waals surface area contributed by atoms with E-state index in [9.17, 15) is 18.8 Å². The number of nitrogens with zero attached hydrogens (tertiary/aromatic N) is 2. The predicted octanol–water partition coefficient (Wildman–Crippen LogP) is 4.21. The second kappa shape index (κ2) is 9.20. The van der Waals surface area contributed by atoms with Gasteiger partial charge in [0.2, 0.25) is 0 Å². The molecule has 0 bridgehead atoms. The smallest absolute Gasteiger partial charge is 0.410 e. The van der Waals surface area contributed by atoms with Crippen LogP contribution in [0.15, 0.2) is 18.2 Å². The number of amides is 3. The first-order valence-electron chi connectivity index (χ1n) is 11.8. The van der Waals surface area contributed by atoms with E-state index in [1.165, 1.54) is 18.2 Å². The molecule has 1 aromatic carbocycles. The van der Waals surface area contributed by atoms with Crippen molar-refractivity contribution in [1.82, 2.24) is 14.8 Å². The Bertz CT molecular complexity index is 1220. The first-order chi connectivity index (χ1) is 16.5. The van der Waals surface area contributed by atoms with E-state index in [0.29, 0.717) is 60.7 Å². The van der Waals surface area contributed by atoms with E-state index in [0.717, 1.165) is 11.3 Å². The second-order valence-corrected chi connectivity index (χ2v) is 9.82. The molecule has 2 aromatic rings. The van der Waals surface area contributed by atoms with Gasteiger partial charge >= 0.3 is 6.09 Å². The number of fused-ring (bicyclic) bond motifs is 2. The minimum absolute atomic E-state index is 0.118. The van der Waals surface area contributed by atoms with E-state index in [-0.39, 0.29) is 11.8 Å². The number of hydrogen-bond acceptors (Lipinski definition) is 4. The molecule has 1 aromatic heterocycles. The van der Waals surface area contributed by atoms with Gasteiger partial charge in [-0.1, -0.05) is 0 Å². The molecule has 35 heavy (non-hydrogen) atoms. The maximum Gasteiger partial charge on any atom is 0.410 e. The van der Waals surface area contributed by atoms with Crippen LogP contribution in [0.3, 0.4) is 0 Å². The number of aromatic nitrogens is 1. The number of rotatable bonds is 5. The van der Waals surface area contributed by atoms with E-state index < -0.39 is 17.5 Å². The number of benzene rings is 1. The molecule has 0 spiro atoms. The number of carbonyl (C=O) groups is 3. The highest BCUT2D eigenvalue weighted by atomic mass is 19.1. The SMILES string of the molecule is CCN(CCN1CCc2[nH]c(C=C3C(=O)Nc4ccc(F)cc43)c(C)c2C1=O)C(=O)OC(C)(C)C. The van der Waals surface area contributed by atoms with Gasteiger partial charge in [0.05, 0.1) is 11.1 Å². The van der Waals surface area contributed by atoms with Crippen LogP contribution >= 0.6 is 0 Å². The number of H-pyrrole nitrogens is 1. The van der Waals surface area contributed by atoms with Gasteiger partial charge in [0, 0.05) is 55.2 Å². The van der Waals surface area contributed by atoms with E-state index >= 15 is 0 Å². The molecule has 0 fully saturated rings. The zero-order valence-corrected chi connectivity index (χ0v) is 20.8. The van der Waals surface area contributed by atoms with Crippen LogP contribution in [0.1, 0.15) is 60.6 Å². The lowest BCUT2D eigenvalue weighted by Crippen LogP contribution is -2.45. The molecule has 2 aliphatic rings. The van der Waals surface area contributed by atoms with Crippen LogP contribution < -0.4 is 5.32 Å². The van der Waals surface area contributed by atoms with E-state index in [1.54, 1.807) is 15.9 Å². The van der Waals surface area contributed by atoms with Gasteiger partial charge in [-0.3, -0.25) is 9.59 Å². The molecule has 0 atom stereocenters. The fourth-order valence-corrected chi connectivity index (χ4v) is 4.42. The number of halogens is 1. The first kappa shape index (κ1) is 24.5. The molecule has 9 heteroatoms. The van der Waals surface area contributed by atoms with E-state index in [4.69, 9.17) is 4.74 Å². The number of likely N-dealkylation sites (N-methyl/N-ethyl adjacent to an activating group) is 1. The third-order valence-electron chi connectivity index (χ3n) is 6.23. The van der Waals surface area contributed by atoms with Gasteiger partial charge in [-0.2, -0.15) is 0 Å². The zero-order chi connectivity index (χ0) is 25.5. The number of anilines is 1. The fourth-order valence-electron chi connectivity index (χ4n) is 4.42. The molecule has 2 aliphatic heterocycles. The molecule has 8 nitrogen and oxygen atoms in total. The highest BCUT2D eigenvalue weighted by Crippen LogP contribution is 2.35. The summed E-state index contributed by atoms with van der Waals surface area (Å²) < 4.78 is 19.2. The summed E-state index contributed by atoms with van der Waals surface area (Å²) in [6, 6.07) is 4.17. The Morgan fingerprint density at radius 2 is 2.03 bits per heavy atom. The van der Waals surface area contributed by atoms with Crippen molar-refractivity contribution in [1.29, 1.82) is 0 Å². The van der Waals surface area contributed by atoms with Crippen molar-refractivity contribution in [2.75, 3.05) is 31.5 Å². The lowest BCUT2D eigenvalue weighted by molar-refractivity contribution is -0.110. The lowest BCUT2D eigenvalue weighted by atomic mass is 10.0. The summed E-state index contributed by atoms with van der Waals surface area (Å²) in [4.78, 5) is 44.9. The summed E-state index contributed by atoms with van der Waals surface area (Å²) in [5, 5.41) is 2.74. The average Bonchev–Trinajstić information content (AvgIpc) is 3.25. The molecule has 0 radical (unpaired) electrons. The molecule has 3 amide bonds. The summed E-state index contributed by atoms with van der Waals surface area (Å²) in [5.41, 5.74) is 3.60. The largest absolute Gasteiger partial charge is 0.444 e. The number of hydrogen-bond donors (Lipinski definition) is 2. The van der Waals surface area contributed by atoms with Crippen LogP contribution in [0, 0.1) is 12.7 Å². The van der Waals surface area contributed by atoms with Crippen molar-refractivity contribution < 1.29 is 23.5 Å². The van der Waals surface area contributed by atoms with Crippen molar-refractivity contribution in [2.24, 2.45) is 0 Å². The molecule has 4 rings (SSSR count). The van der Waals surface area contributed by atoms with Crippen LogP contribution in [0.4, 0.5) is 14.9 Å². The Kier molecular flexibility index (Phi) is 6.44. The normalized spacial score (nSPS) is 16.3.